The maximum atomic E-state index is 12.2. The van der Waals surface area contributed by atoms with E-state index in [0.29, 0.717) is 22.3 Å². The second-order valence-electron chi connectivity index (χ2n) is 4.93. The predicted octanol–water partition coefficient (Wildman–Crippen LogP) is 2.12. The maximum absolute atomic E-state index is 12.2. The van der Waals surface area contributed by atoms with E-state index in [4.69, 9.17) is 0 Å². The van der Waals surface area contributed by atoms with Gasteiger partial charge in [-0.05, 0) is 44.2 Å². The van der Waals surface area contributed by atoms with Gasteiger partial charge in [-0.15, -0.1) is 0 Å². The molecule has 6 nitrogen and oxygen atoms in total. The first kappa shape index (κ1) is 13.1. The van der Waals surface area contributed by atoms with Gasteiger partial charge in [0.2, 0.25) is 0 Å². The first-order valence-electron chi connectivity index (χ1n) is 6.50. The van der Waals surface area contributed by atoms with E-state index in [9.17, 15) is 9.59 Å². The third-order valence-electron chi connectivity index (χ3n) is 3.12. The van der Waals surface area contributed by atoms with Gasteiger partial charge in [0.05, 0.1) is 11.0 Å². The van der Waals surface area contributed by atoms with Crippen molar-refractivity contribution in [2.24, 2.45) is 0 Å². The summed E-state index contributed by atoms with van der Waals surface area (Å²) in [4.78, 5) is 33.0. The number of amides is 1. The molecule has 1 amide bonds. The molecular formula is C15H14N4O2. The highest BCUT2D eigenvalue weighted by Crippen LogP contribution is 2.16. The van der Waals surface area contributed by atoms with Crippen molar-refractivity contribution < 1.29 is 4.79 Å². The Morgan fingerprint density at radius 1 is 1.05 bits per heavy atom. The third-order valence-corrected chi connectivity index (χ3v) is 3.12. The van der Waals surface area contributed by atoms with Gasteiger partial charge < -0.3 is 15.3 Å². The number of hydrogen-bond acceptors (Lipinski definition) is 3. The minimum Gasteiger partial charge on any atom is -0.322 e. The van der Waals surface area contributed by atoms with Crippen LogP contribution in [0.3, 0.4) is 0 Å². The molecule has 0 fully saturated rings. The van der Waals surface area contributed by atoms with E-state index in [0.717, 1.165) is 11.4 Å². The lowest BCUT2D eigenvalue weighted by atomic mass is 10.2. The van der Waals surface area contributed by atoms with Gasteiger partial charge in [0.15, 0.2) is 0 Å². The van der Waals surface area contributed by atoms with Gasteiger partial charge in [0.1, 0.15) is 0 Å². The Bertz CT molecular complexity index is 872. The standard InChI is InChI=1S/C15H14N4O2/c1-8-5-10(6-9(2)16-8)14(20)17-11-3-4-12-13(7-11)19-15(21)18-12/h3-7H,1-2H3,(H,17,20)(H2,18,19,21). The number of benzene rings is 1. The number of aromatic amines is 2. The van der Waals surface area contributed by atoms with Crippen molar-refractivity contribution in [3.05, 3.63) is 57.8 Å². The molecule has 2 aromatic heterocycles. The Hall–Kier alpha value is -2.89. The van der Waals surface area contributed by atoms with Crippen LogP contribution in [0.15, 0.2) is 35.1 Å². The average Bonchev–Trinajstić information content (AvgIpc) is 2.77. The van der Waals surface area contributed by atoms with Gasteiger partial charge in [0.25, 0.3) is 5.91 Å². The van der Waals surface area contributed by atoms with Crippen LogP contribution in [0, 0.1) is 13.8 Å². The van der Waals surface area contributed by atoms with E-state index < -0.39 is 0 Å². The number of rotatable bonds is 2. The zero-order chi connectivity index (χ0) is 15.0. The molecule has 0 aliphatic heterocycles. The maximum Gasteiger partial charge on any atom is 0.323 e. The van der Waals surface area contributed by atoms with Crippen molar-refractivity contribution in [2.45, 2.75) is 13.8 Å². The molecule has 3 rings (SSSR count). The number of fused-ring (bicyclic) bond motifs is 1. The van der Waals surface area contributed by atoms with Crippen LogP contribution in [-0.4, -0.2) is 20.9 Å². The summed E-state index contributed by atoms with van der Waals surface area (Å²) in [6, 6.07) is 8.67. The molecule has 0 saturated heterocycles. The Labute approximate surface area is 120 Å². The minimum absolute atomic E-state index is 0.208. The van der Waals surface area contributed by atoms with Gasteiger partial charge in [-0.1, -0.05) is 0 Å². The number of carbonyl (C=O) groups excluding carboxylic acids is 1. The molecule has 6 heteroatoms. The van der Waals surface area contributed by atoms with Gasteiger partial charge >= 0.3 is 5.69 Å². The molecule has 21 heavy (non-hydrogen) atoms. The molecule has 3 aromatic rings. The molecule has 0 saturated carbocycles. The fraction of sp³-hybridized carbons (Fsp3) is 0.133. The van der Waals surface area contributed by atoms with Gasteiger partial charge in [0, 0.05) is 22.6 Å². The molecular weight excluding hydrogens is 268 g/mol. The first-order chi connectivity index (χ1) is 10.0. The van der Waals surface area contributed by atoms with Crippen LogP contribution in [-0.2, 0) is 0 Å². The number of pyridine rings is 1. The SMILES string of the molecule is Cc1cc(C(=O)Nc2ccc3[nH]c(=O)[nH]c3c2)cc(C)n1. The molecule has 0 atom stereocenters. The Morgan fingerprint density at radius 3 is 2.43 bits per heavy atom. The molecule has 1 aromatic carbocycles. The highest BCUT2D eigenvalue weighted by atomic mass is 16.2. The van der Waals surface area contributed by atoms with Crippen LogP contribution in [0.5, 0.6) is 0 Å². The zero-order valence-corrected chi connectivity index (χ0v) is 11.7. The molecule has 0 bridgehead atoms. The van der Waals surface area contributed by atoms with Crippen molar-refractivity contribution in [2.75, 3.05) is 5.32 Å². The zero-order valence-electron chi connectivity index (χ0n) is 11.7. The van der Waals surface area contributed by atoms with Crippen molar-refractivity contribution in [1.29, 1.82) is 0 Å². The van der Waals surface area contributed by atoms with Crippen molar-refractivity contribution >= 4 is 22.6 Å². The third kappa shape index (κ3) is 2.69. The number of imidazole rings is 1. The second-order valence-corrected chi connectivity index (χ2v) is 4.93. The number of anilines is 1. The lowest BCUT2D eigenvalue weighted by Crippen LogP contribution is -2.12. The second kappa shape index (κ2) is 4.90. The molecule has 0 radical (unpaired) electrons. The minimum atomic E-state index is -0.270. The van der Waals surface area contributed by atoms with Crippen LogP contribution in [0.2, 0.25) is 0 Å². The van der Waals surface area contributed by atoms with E-state index in [-0.39, 0.29) is 11.6 Å². The normalized spacial score (nSPS) is 10.8. The van der Waals surface area contributed by atoms with Gasteiger partial charge in [-0.3, -0.25) is 9.78 Å². The highest BCUT2D eigenvalue weighted by molar-refractivity contribution is 6.05. The van der Waals surface area contributed by atoms with E-state index in [1.165, 1.54) is 0 Å². The van der Waals surface area contributed by atoms with E-state index in [2.05, 4.69) is 20.3 Å². The van der Waals surface area contributed by atoms with Crippen LogP contribution >= 0.6 is 0 Å². The summed E-state index contributed by atoms with van der Waals surface area (Å²) in [5, 5.41) is 2.81. The topological polar surface area (TPSA) is 90.6 Å². The van der Waals surface area contributed by atoms with Crippen LogP contribution < -0.4 is 11.0 Å². The number of carbonyl (C=O) groups is 1. The summed E-state index contributed by atoms with van der Waals surface area (Å²) in [7, 11) is 0. The Kier molecular flexibility index (Phi) is 3.06. The fourth-order valence-corrected chi connectivity index (χ4v) is 2.28. The summed E-state index contributed by atoms with van der Waals surface area (Å²) in [5.41, 5.74) is 3.86. The van der Waals surface area contributed by atoms with Crippen LogP contribution in [0.1, 0.15) is 21.7 Å². The molecule has 0 aliphatic carbocycles. The van der Waals surface area contributed by atoms with Crippen molar-refractivity contribution in [3.8, 4) is 0 Å². The van der Waals surface area contributed by atoms with E-state index in [1.807, 2.05) is 13.8 Å². The summed E-state index contributed by atoms with van der Waals surface area (Å²) in [6.45, 7) is 3.70. The highest BCUT2D eigenvalue weighted by Gasteiger charge is 2.09. The van der Waals surface area contributed by atoms with Gasteiger partial charge in [-0.2, -0.15) is 0 Å². The summed E-state index contributed by atoms with van der Waals surface area (Å²) in [5.74, 6) is -0.208. The number of hydrogen-bond donors (Lipinski definition) is 3. The number of H-pyrrole nitrogens is 2. The average molecular weight is 282 g/mol. The van der Waals surface area contributed by atoms with Crippen molar-refractivity contribution in [1.82, 2.24) is 15.0 Å². The number of nitrogens with zero attached hydrogens (tertiary/aromatic N) is 1. The molecule has 3 N–H and O–H groups in total. The Morgan fingerprint density at radius 2 is 1.71 bits per heavy atom. The molecule has 2 heterocycles. The molecule has 106 valence electrons. The fourth-order valence-electron chi connectivity index (χ4n) is 2.28. The smallest absolute Gasteiger partial charge is 0.322 e. The Balaban J connectivity index is 1.90. The van der Waals surface area contributed by atoms with Crippen LogP contribution in [0.25, 0.3) is 11.0 Å². The van der Waals surface area contributed by atoms with Crippen LogP contribution in [0.4, 0.5) is 5.69 Å². The summed E-state index contributed by atoms with van der Waals surface area (Å²) >= 11 is 0. The largest absolute Gasteiger partial charge is 0.323 e. The first-order valence-corrected chi connectivity index (χ1v) is 6.50. The summed E-state index contributed by atoms with van der Waals surface area (Å²) < 4.78 is 0. The number of aromatic nitrogens is 3. The quantitative estimate of drug-likeness (QED) is 0.672. The predicted molar refractivity (Wildman–Crippen MR) is 80.6 cm³/mol. The monoisotopic (exact) mass is 282 g/mol. The lowest BCUT2D eigenvalue weighted by molar-refractivity contribution is 0.102. The van der Waals surface area contributed by atoms with E-state index in [1.54, 1.807) is 30.3 Å². The van der Waals surface area contributed by atoms with E-state index >= 15 is 0 Å². The van der Waals surface area contributed by atoms with Gasteiger partial charge in [-0.25, -0.2) is 4.79 Å². The van der Waals surface area contributed by atoms with Crippen molar-refractivity contribution in [3.63, 3.8) is 0 Å². The molecule has 0 unspecified atom stereocenters. The number of aryl methyl sites for hydroxylation is 2. The number of nitrogens with one attached hydrogen (secondary N) is 3. The molecule has 0 spiro atoms. The summed E-state index contributed by atoms with van der Waals surface area (Å²) in [6.07, 6.45) is 0. The lowest BCUT2D eigenvalue weighted by Gasteiger charge is -2.07. The molecule has 0 aliphatic rings.